The molecule has 0 saturated heterocycles. The summed E-state index contributed by atoms with van der Waals surface area (Å²) in [4.78, 5) is 24.9. The largest absolute Gasteiger partial charge is 0.353 e. The average Bonchev–Trinajstić information content (AvgIpc) is 2.79. The fraction of sp³-hybridized carbons (Fsp3) is 0.412. The highest BCUT2D eigenvalue weighted by Crippen LogP contribution is 2.21. The Morgan fingerprint density at radius 2 is 2.12 bits per heavy atom. The summed E-state index contributed by atoms with van der Waals surface area (Å²) in [6, 6.07) is 8.45. The second-order valence-corrected chi connectivity index (χ2v) is 7.02. The van der Waals surface area contributed by atoms with Crippen LogP contribution in [0.2, 0.25) is 0 Å². The van der Waals surface area contributed by atoms with Gasteiger partial charge in [0.25, 0.3) is 0 Å². The highest BCUT2D eigenvalue weighted by atomic mass is 35.5. The van der Waals surface area contributed by atoms with Crippen molar-refractivity contribution in [3.05, 3.63) is 55.6 Å². The number of hydrogen-bond acceptors (Lipinski definition) is 4. The van der Waals surface area contributed by atoms with Crippen LogP contribution in [0.3, 0.4) is 0 Å². The molecule has 2 heterocycles. The third-order valence-electron chi connectivity index (χ3n) is 4.40. The van der Waals surface area contributed by atoms with Gasteiger partial charge >= 0.3 is 4.87 Å². The van der Waals surface area contributed by atoms with Gasteiger partial charge in [-0.3, -0.25) is 14.2 Å². The number of halogens is 1. The number of carbonyl (C=O) groups excluding carboxylic acids is 1. The highest BCUT2D eigenvalue weighted by molar-refractivity contribution is 7.09. The number of hydrogen-bond donors (Lipinski definition) is 2. The Hall–Kier alpha value is -1.63. The molecule has 1 aliphatic heterocycles. The first-order valence-electron chi connectivity index (χ1n) is 7.81. The predicted molar refractivity (Wildman–Crippen MR) is 99.2 cm³/mol. The maximum atomic E-state index is 12.2. The number of benzene rings is 1. The molecule has 0 saturated carbocycles. The number of aromatic nitrogens is 1. The van der Waals surface area contributed by atoms with E-state index in [9.17, 15) is 9.59 Å². The van der Waals surface area contributed by atoms with Gasteiger partial charge in [-0.2, -0.15) is 0 Å². The summed E-state index contributed by atoms with van der Waals surface area (Å²) in [5.74, 6) is -0.127. The van der Waals surface area contributed by atoms with E-state index in [2.05, 4.69) is 22.8 Å². The summed E-state index contributed by atoms with van der Waals surface area (Å²) in [7, 11) is 0. The quantitative estimate of drug-likeness (QED) is 0.868. The maximum absolute atomic E-state index is 12.2. The molecule has 1 amide bonds. The van der Waals surface area contributed by atoms with Gasteiger partial charge in [-0.05, 0) is 37.9 Å². The molecule has 1 aromatic carbocycles. The van der Waals surface area contributed by atoms with Crippen molar-refractivity contribution in [3.8, 4) is 0 Å². The maximum Gasteiger partial charge on any atom is 0.308 e. The monoisotopic (exact) mass is 367 g/mol. The lowest BCUT2D eigenvalue weighted by Crippen LogP contribution is -2.40. The lowest BCUT2D eigenvalue weighted by molar-refractivity contribution is -0.121. The van der Waals surface area contributed by atoms with E-state index >= 15 is 0 Å². The first-order chi connectivity index (χ1) is 11.1. The summed E-state index contributed by atoms with van der Waals surface area (Å²) in [5, 5.41) is 6.39. The summed E-state index contributed by atoms with van der Waals surface area (Å²) in [6.45, 7) is 5.31. The van der Waals surface area contributed by atoms with Crippen molar-refractivity contribution < 1.29 is 4.79 Å². The van der Waals surface area contributed by atoms with Crippen LogP contribution in [0.4, 0.5) is 0 Å². The number of aryl methyl sites for hydroxylation is 1. The van der Waals surface area contributed by atoms with Crippen LogP contribution in [0.5, 0.6) is 0 Å². The molecule has 0 radical (unpaired) electrons. The number of carbonyl (C=O) groups is 1. The van der Waals surface area contributed by atoms with E-state index < -0.39 is 0 Å². The number of nitrogens with one attached hydrogen (secondary N) is 2. The fourth-order valence-electron chi connectivity index (χ4n) is 2.96. The Labute approximate surface area is 151 Å². The van der Waals surface area contributed by atoms with Crippen LogP contribution in [0.1, 0.15) is 27.7 Å². The van der Waals surface area contributed by atoms with Crippen molar-refractivity contribution in [2.75, 3.05) is 13.1 Å². The van der Waals surface area contributed by atoms with E-state index in [1.54, 1.807) is 0 Å². The molecule has 2 aromatic rings. The molecule has 0 fully saturated rings. The van der Waals surface area contributed by atoms with Gasteiger partial charge in [-0.25, -0.2) is 0 Å². The molecule has 7 heteroatoms. The van der Waals surface area contributed by atoms with Crippen LogP contribution in [0, 0.1) is 13.8 Å². The summed E-state index contributed by atoms with van der Waals surface area (Å²) < 4.78 is 1.54. The minimum atomic E-state index is -0.127. The van der Waals surface area contributed by atoms with Gasteiger partial charge in [-0.1, -0.05) is 35.6 Å². The number of nitrogens with zero attached hydrogens (tertiary/aromatic N) is 1. The molecule has 130 valence electrons. The van der Waals surface area contributed by atoms with E-state index in [1.807, 2.05) is 26.0 Å². The molecule has 3 rings (SSSR count). The van der Waals surface area contributed by atoms with Crippen LogP contribution in [-0.4, -0.2) is 23.6 Å². The molecule has 1 unspecified atom stereocenters. The first-order valence-corrected chi connectivity index (χ1v) is 8.62. The average molecular weight is 368 g/mol. The third-order valence-corrected chi connectivity index (χ3v) is 5.39. The first kappa shape index (κ1) is 18.7. The minimum absolute atomic E-state index is 0. The van der Waals surface area contributed by atoms with E-state index in [-0.39, 0.29) is 35.8 Å². The molecule has 1 atom stereocenters. The van der Waals surface area contributed by atoms with Gasteiger partial charge in [0.1, 0.15) is 6.54 Å². The molecule has 0 aliphatic carbocycles. The molecule has 2 N–H and O–H groups in total. The second-order valence-electron chi connectivity index (χ2n) is 5.86. The summed E-state index contributed by atoms with van der Waals surface area (Å²) in [5.41, 5.74) is 3.46. The lowest BCUT2D eigenvalue weighted by atomic mass is 9.94. The Morgan fingerprint density at radius 1 is 1.38 bits per heavy atom. The predicted octanol–water partition coefficient (Wildman–Crippen LogP) is 1.95. The fourth-order valence-corrected chi connectivity index (χ4v) is 3.79. The van der Waals surface area contributed by atoms with E-state index in [1.165, 1.54) is 27.0 Å². The molecule has 5 nitrogen and oxygen atoms in total. The smallest absolute Gasteiger partial charge is 0.308 e. The van der Waals surface area contributed by atoms with Gasteiger partial charge in [0.05, 0.1) is 0 Å². The normalized spacial score (nSPS) is 16.2. The molecular formula is C17H22ClN3O2S. The Morgan fingerprint density at radius 3 is 2.83 bits per heavy atom. The van der Waals surface area contributed by atoms with E-state index in [0.717, 1.165) is 23.5 Å². The number of rotatable bonds is 4. The summed E-state index contributed by atoms with van der Waals surface area (Å²) in [6.07, 6.45) is 1.02. The van der Waals surface area contributed by atoms with Crippen LogP contribution in [-0.2, 0) is 17.8 Å². The lowest BCUT2D eigenvalue weighted by Gasteiger charge is -2.27. The standard InChI is InChI=1S/C17H21N3O2S.ClH/c1-11-12(2)23-17(22)20(11)10-16(21)19-9-15-14-6-4-3-5-13(14)7-8-18-15;/h3-6,15,18H,7-10H2,1-2H3,(H,19,21);1H. The van der Waals surface area contributed by atoms with Crippen molar-refractivity contribution in [2.45, 2.75) is 32.9 Å². The SMILES string of the molecule is Cc1sc(=O)n(CC(=O)NCC2NCCc3ccccc32)c1C.Cl. The number of fused-ring (bicyclic) bond motifs is 1. The Bertz CT molecular complexity index is 784. The zero-order valence-electron chi connectivity index (χ0n) is 13.8. The zero-order valence-corrected chi connectivity index (χ0v) is 15.4. The van der Waals surface area contributed by atoms with Crippen LogP contribution >= 0.6 is 23.7 Å². The van der Waals surface area contributed by atoms with Crippen LogP contribution in [0.15, 0.2) is 29.1 Å². The van der Waals surface area contributed by atoms with Crippen molar-refractivity contribution >= 4 is 29.7 Å². The van der Waals surface area contributed by atoms with E-state index in [4.69, 9.17) is 0 Å². The van der Waals surface area contributed by atoms with Gasteiger partial charge in [-0.15, -0.1) is 12.4 Å². The van der Waals surface area contributed by atoms with Gasteiger partial charge in [0.2, 0.25) is 5.91 Å². The second kappa shape index (κ2) is 7.96. The van der Waals surface area contributed by atoms with Gasteiger partial charge in [0.15, 0.2) is 0 Å². The minimum Gasteiger partial charge on any atom is -0.353 e. The van der Waals surface area contributed by atoms with Crippen LogP contribution in [0.25, 0.3) is 0 Å². The molecule has 24 heavy (non-hydrogen) atoms. The number of thiazole rings is 1. The van der Waals surface area contributed by atoms with Crippen molar-refractivity contribution in [1.82, 2.24) is 15.2 Å². The van der Waals surface area contributed by atoms with Crippen molar-refractivity contribution in [1.29, 1.82) is 0 Å². The van der Waals surface area contributed by atoms with Gasteiger partial charge in [0, 0.05) is 23.2 Å². The topological polar surface area (TPSA) is 63.1 Å². The zero-order chi connectivity index (χ0) is 16.4. The van der Waals surface area contributed by atoms with Crippen LogP contribution < -0.4 is 15.5 Å². The number of amides is 1. The van der Waals surface area contributed by atoms with Gasteiger partial charge < -0.3 is 10.6 Å². The molecule has 0 bridgehead atoms. The summed E-state index contributed by atoms with van der Waals surface area (Å²) >= 11 is 1.19. The molecule has 1 aliphatic rings. The Kier molecular flexibility index (Phi) is 6.21. The van der Waals surface area contributed by atoms with E-state index in [0.29, 0.717) is 6.54 Å². The molecular weight excluding hydrogens is 346 g/mol. The Balaban J connectivity index is 0.00000208. The third kappa shape index (κ3) is 3.88. The van der Waals surface area contributed by atoms with Crippen molar-refractivity contribution in [3.63, 3.8) is 0 Å². The molecule has 0 spiro atoms. The van der Waals surface area contributed by atoms with Crippen molar-refractivity contribution in [2.24, 2.45) is 0 Å². The highest BCUT2D eigenvalue weighted by Gasteiger charge is 2.20. The molecule has 1 aromatic heterocycles.